The monoisotopic (exact) mass is 427 g/mol. The minimum Gasteiger partial charge on any atom is -0.345 e. The van der Waals surface area contributed by atoms with Gasteiger partial charge in [0.05, 0.1) is 27.5 Å². The molecule has 0 bridgehead atoms. The highest BCUT2D eigenvalue weighted by Gasteiger charge is 2.18. The third kappa shape index (κ3) is 3.19. The second kappa shape index (κ2) is 7.27. The Morgan fingerprint density at radius 2 is 1.84 bits per heavy atom. The van der Waals surface area contributed by atoms with Gasteiger partial charge in [0, 0.05) is 35.0 Å². The Morgan fingerprint density at radius 1 is 1.00 bits per heavy atom. The van der Waals surface area contributed by atoms with Crippen LogP contribution in [0.5, 0.6) is 0 Å². The maximum Gasteiger partial charge on any atom is 0.209 e. The number of hydrogen-bond acceptors (Lipinski definition) is 5. The van der Waals surface area contributed by atoms with Crippen molar-refractivity contribution in [3.05, 3.63) is 87.6 Å². The van der Waals surface area contributed by atoms with Gasteiger partial charge in [0.1, 0.15) is 11.9 Å². The molecule has 31 heavy (non-hydrogen) atoms. The fourth-order valence-electron chi connectivity index (χ4n) is 3.43. The molecule has 0 saturated heterocycles. The van der Waals surface area contributed by atoms with Gasteiger partial charge in [0.2, 0.25) is 5.43 Å². The summed E-state index contributed by atoms with van der Waals surface area (Å²) in [7, 11) is 0. The van der Waals surface area contributed by atoms with Crippen LogP contribution in [0.25, 0.3) is 44.6 Å². The maximum absolute atomic E-state index is 13.9. The predicted molar refractivity (Wildman–Crippen MR) is 116 cm³/mol. The Hall–Kier alpha value is -4.15. The highest BCUT2D eigenvalue weighted by Crippen LogP contribution is 2.34. The number of nitriles is 1. The molecule has 0 spiro atoms. The average molecular weight is 428 g/mol. The predicted octanol–water partition coefficient (Wildman–Crippen LogP) is 4.86. The number of benzene rings is 2. The quantitative estimate of drug-likeness (QED) is 0.434. The molecule has 0 saturated carbocycles. The maximum atomic E-state index is 13.9. The number of H-pyrrole nitrogens is 1. The van der Waals surface area contributed by atoms with E-state index in [2.05, 4.69) is 19.9 Å². The van der Waals surface area contributed by atoms with E-state index >= 15 is 0 Å². The third-order valence-electron chi connectivity index (χ3n) is 4.88. The molecule has 0 atom stereocenters. The summed E-state index contributed by atoms with van der Waals surface area (Å²) in [4.78, 5) is 28.8. The molecule has 2 aromatic carbocycles. The number of pyridine rings is 2. The molecule has 148 valence electrons. The lowest BCUT2D eigenvalue weighted by Crippen LogP contribution is -2.07. The lowest BCUT2D eigenvalue weighted by Gasteiger charge is -2.12. The van der Waals surface area contributed by atoms with Crippen molar-refractivity contribution in [1.82, 2.24) is 19.9 Å². The molecular weight excluding hydrogens is 417 g/mol. The molecule has 0 fully saturated rings. The van der Waals surface area contributed by atoms with Gasteiger partial charge in [0.25, 0.3) is 0 Å². The summed E-state index contributed by atoms with van der Waals surface area (Å²) in [6.45, 7) is 0. The summed E-state index contributed by atoms with van der Waals surface area (Å²) < 4.78 is 13.9. The molecule has 8 heteroatoms. The second-order valence-corrected chi connectivity index (χ2v) is 7.21. The fourth-order valence-corrected chi connectivity index (χ4v) is 3.70. The summed E-state index contributed by atoms with van der Waals surface area (Å²) in [6.07, 6.45) is 3.13. The van der Waals surface area contributed by atoms with E-state index in [9.17, 15) is 14.4 Å². The van der Waals surface area contributed by atoms with Crippen LogP contribution in [0.1, 0.15) is 5.56 Å². The normalized spacial score (nSPS) is 11.0. The van der Waals surface area contributed by atoms with Crippen LogP contribution in [0, 0.1) is 17.1 Å². The van der Waals surface area contributed by atoms with Crippen molar-refractivity contribution in [2.75, 3.05) is 0 Å². The lowest BCUT2D eigenvalue weighted by atomic mass is 10.0. The first-order valence-corrected chi connectivity index (χ1v) is 9.57. The van der Waals surface area contributed by atoms with Gasteiger partial charge in [-0.25, -0.2) is 14.4 Å². The van der Waals surface area contributed by atoms with Crippen LogP contribution in [-0.4, -0.2) is 19.9 Å². The minimum absolute atomic E-state index is 0.118. The highest BCUT2D eigenvalue weighted by molar-refractivity contribution is 6.35. The molecule has 5 aromatic rings. The van der Waals surface area contributed by atoms with Gasteiger partial charge in [-0.15, -0.1) is 0 Å². The van der Waals surface area contributed by atoms with Crippen LogP contribution in [-0.2, 0) is 0 Å². The van der Waals surface area contributed by atoms with Crippen molar-refractivity contribution < 1.29 is 4.39 Å². The van der Waals surface area contributed by atoms with Crippen molar-refractivity contribution in [2.24, 2.45) is 0 Å². The molecule has 3 heterocycles. The van der Waals surface area contributed by atoms with Gasteiger partial charge in [0.15, 0.2) is 11.2 Å². The van der Waals surface area contributed by atoms with E-state index in [1.165, 1.54) is 30.5 Å². The first kappa shape index (κ1) is 18.9. The Labute approximate surface area is 179 Å². The van der Waals surface area contributed by atoms with E-state index in [4.69, 9.17) is 11.6 Å². The van der Waals surface area contributed by atoms with E-state index in [0.29, 0.717) is 33.1 Å². The minimum atomic E-state index is -0.630. The van der Waals surface area contributed by atoms with Gasteiger partial charge in [-0.3, -0.25) is 9.78 Å². The SMILES string of the molecule is N#Cc1cc(-c2nc3[nH]ccc(=O)c3nc2-c2cc(Cl)c3ncccc3c2)ccc1F. The number of aromatic nitrogens is 4. The zero-order valence-corrected chi connectivity index (χ0v) is 16.5. The smallest absolute Gasteiger partial charge is 0.209 e. The van der Waals surface area contributed by atoms with Gasteiger partial charge in [-0.05, 0) is 36.4 Å². The van der Waals surface area contributed by atoms with E-state index in [0.717, 1.165) is 5.39 Å². The Balaban J connectivity index is 1.87. The van der Waals surface area contributed by atoms with Crippen LogP contribution < -0.4 is 5.43 Å². The summed E-state index contributed by atoms with van der Waals surface area (Å²) >= 11 is 6.46. The zero-order valence-electron chi connectivity index (χ0n) is 15.7. The number of nitrogens with one attached hydrogen (secondary N) is 1. The molecule has 3 aromatic heterocycles. The molecule has 0 aliphatic heterocycles. The fraction of sp³-hybridized carbons (Fsp3) is 0. The molecular formula is C23H11ClFN5O. The molecule has 5 rings (SSSR count). The summed E-state index contributed by atoms with van der Waals surface area (Å²) in [5.74, 6) is -0.630. The van der Waals surface area contributed by atoms with E-state index < -0.39 is 5.82 Å². The molecule has 0 aliphatic rings. The van der Waals surface area contributed by atoms with Gasteiger partial charge >= 0.3 is 0 Å². The van der Waals surface area contributed by atoms with Crippen molar-refractivity contribution in [3.8, 4) is 28.6 Å². The number of nitrogens with zero attached hydrogens (tertiary/aromatic N) is 4. The lowest BCUT2D eigenvalue weighted by molar-refractivity contribution is 0.624. The zero-order chi connectivity index (χ0) is 21.5. The molecule has 0 unspecified atom stereocenters. The van der Waals surface area contributed by atoms with Crippen molar-refractivity contribution >= 4 is 33.7 Å². The van der Waals surface area contributed by atoms with E-state index in [1.807, 2.05) is 18.2 Å². The molecule has 0 radical (unpaired) electrons. The van der Waals surface area contributed by atoms with Gasteiger partial charge in [-0.1, -0.05) is 17.7 Å². The van der Waals surface area contributed by atoms with Crippen LogP contribution >= 0.6 is 11.6 Å². The summed E-state index contributed by atoms with van der Waals surface area (Å²) in [5.41, 5.74) is 2.52. The van der Waals surface area contributed by atoms with E-state index in [-0.39, 0.29) is 22.2 Å². The molecule has 0 aliphatic carbocycles. The Bertz CT molecular complexity index is 1610. The average Bonchev–Trinajstić information content (AvgIpc) is 2.79. The number of halogens is 2. The topological polar surface area (TPSA) is 95.3 Å². The number of rotatable bonds is 2. The molecule has 0 amide bonds. The molecule has 6 nitrogen and oxygen atoms in total. The third-order valence-corrected chi connectivity index (χ3v) is 5.16. The standard InChI is InChI=1S/C23H11ClFN5O/c24-16-10-14(8-12-2-1-6-27-19(12)16)21-20(13-3-4-17(25)15(9-13)11-26)30-23-22(29-21)18(31)5-7-28-23/h1-10H,(H,28,30,31). The van der Waals surface area contributed by atoms with Gasteiger partial charge in [-0.2, -0.15) is 5.26 Å². The number of fused-ring (bicyclic) bond motifs is 2. The first-order chi connectivity index (χ1) is 15.0. The molecule has 1 N–H and O–H groups in total. The number of aromatic amines is 1. The largest absolute Gasteiger partial charge is 0.345 e. The van der Waals surface area contributed by atoms with Crippen LogP contribution in [0.3, 0.4) is 0 Å². The van der Waals surface area contributed by atoms with Crippen molar-refractivity contribution in [1.29, 1.82) is 5.26 Å². The van der Waals surface area contributed by atoms with Crippen LogP contribution in [0.2, 0.25) is 5.02 Å². The van der Waals surface area contributed by atoms with E-state index in [1.54, 1.807) is 18.3 Å². The highest BCUT2D eigenvalue weighted by atomic mass is 35.5. The second-order valence-electron chi connectivity index (χ2n) is 6.80. The number of hydrogen-bond donors (Lipinski definition) is 1. The van der Waals surface area contributed by atoms with Crippen molar-refractivity contribution in [3.63, 3.8) is 0 Å². The van der Waals surface area contributed by atoms with Crippen LogP contribution in [0.4, 0.5) is 4.39 Å². The Morgan fingerprint density at radius 3 is 2.68 bits per heavy atom. The Kier molecular flexibility index (Phi) is 4.42. The summed E-state index contributed by atoms with van der Waals surface area (Å²) in [5, 5.41) is 10.4. The first-order valence-electron chi connectivity index (χ1n) is 9.19. The van der Waals surface area contributed by atoms with Crippen LogP contribution in [0.15, 0.2) is 65.7 Å². The summed E-state index contributed by atoms with van der Waals surface area (Å²) in [6, 6.07) is 14.5. The van der Waals surface area contributed by atoms with Gasteiger partial charge < -0.3 is 4.98 Å². The van der Waals surface area contributed by atoms with Crippen molar-refractivity contribution in [2.45, 2.75) is 0 Å².